The average Bonchev–Trinajstić information content (AvgIpc) is 2.65. The number of nitrogens with one attached hydrogen (secondary N) is 1. The molecule has 2 amide bonds. The largest absolute Gasteiger partial charge is 0.497 e. The molecule has 1 saturated heterocycles. The molecule has 1 N–H and O–H groups in total. The van der Waals surface area contributed by atoms with E-state index in [2.05, 4.69) is 5.32 Å². The maximum atomic E-state index is 12.7. The van der Waals surface area contributed by atoms with Crippen LogP contribution in [0, 0.1) is 0 Å². The zero-order valence-corrected chi connectivity index (χ0v) is 14.0. The summed E-state index contributed by atoms with van der Waals surface area (Å²) < 4.78 is 10.4. The molecule has 1 heterocycles. The van der Waals surface area contributed by atoms with Crippen molar-refractivity contribution >= 4 is 17.5 Å². The van der Waals surface area contributed by atoms with Crippen molar-refractivity contribution in [3.8, 4) is 5.75 Å². The van der Waals surface area contributed by atoms with Gasteiger partial charge in [-0.15, -0.1) is 0 Å². The molecule has 1 fully saturated rings. The van der Waals surface area contributed by atoms with E-state index in [1.165, 1.54) is 0 Å². The first-order valence-corrected chi connectivity index (χ1v) is 8.03. The number of carbonyl (C=O) groups is 2. The van der Waals surface area contributed by atoms with Crippen LogP contribution in [-0.2, 0) is 20.9 Å². The Labute approximate surface area is 146 Å². The fourth-order valence-electron chi connectivity index (χ4n) is 2.70. The van der Waals surface area contributed by atoms with E-state index in [0.717, 1.165) is 5.56 Å². The highest BCUT2D eigenvalue weighted by Crippen LogP contribution is 2.18. The van der Waals surface area contributed by atoms with Crippen molar-refractivity contribution in [2.45, 2.75) is 12.6 Å². The Bertz CT molecular complexity index is 731. The summed E-state index contributed by atoms with van der Waals surface area (Å²) in [4.78, 5) is 26.5. The van der Waals surface area contributed by atoms with E-state index in [-0.39, 0.29) is 25.0 Å². The second-order valence-electron chi connectivity index (χ2n) is 5.76. The third kappa shape index (κ3) is 4.16. The van der Waals surface area contributed by atoms with E-state index < -0.39 is 6.04 Å². The Balaban J connectivity index is 1.72. The molecule has 0 saturated carbocycles. The first-order chi connectivity index (χ1) is 12.2. The zero-order chi connectivity index (χ0) is 17.6. The smallest absolute Gasteiger partial charge is 0.249 e. The summed E-state index contributed by atoms with van der Waals surface area (Å²) in [6.45, 7) is 0.559. The number of anilines is 1. The summed E-state index contributed by atoms with van der Waals surface area (Å²) in [6.07, 6.45) is 0. The number of morpholine rings is 1. The van der Waals surface area contributed by atoms with Crippen LogP contribution in [0.15, 0.2) is 54.6 Å². The maximum Gasteiger partial charge on any atom is 0.249 e. The van der Waals surface area contributed by atoms with E-state index in [9.17, 15) is 9.59 Å². The molecule has 1 aliphatic rings. The van der Waals surface area contributed by atoms with Gasteiger partial charge in [0.05, 0.1) is 13.7 Å². The molecule has 0 aromatic heterocycles. The normalized spacial score (nSPS) is 17.2. The molecule has 0 radical (unpaired) electrons. The van der Waals surface area contributed by atoms with Crippen LogP contribution in [0.5, 0.6) is 5.75 Å². The average molecular weight is 340 g/mol. The van der Waals surface area contributed by atoms with E-state index in [1.807, 2.05) is 30.3 Å². The fraction of sp³-hybridized carbons (Fsp3) is 0.263. The van der Waals surface area contributed by atoms with Gasteiger partial charge in [-0.3, -0.25) is 9.59 Å². The van der Waals surface area contributed by atoms with Crippen molar-refractivity contribution in [1.29, 1.82) is 0 Å². The van der Waals surface area contributed by atoms with Crippen LogP contribution < -0.4 is 10.1 Å². The Kier molecular flexibility index (Phi) is 5.30. The highest BCUT2D eigenvalue weighted by molar-refractivity contribution is 5.98. The molecule has 6 heteroatoms. The van der Waals surface area contributed by atoms with Crippen LogP contribution in [0.2, 0.25) is 0 Å². The van der Waals surface area contributed by atoms with E-state index in [0.29, 0.717) is 18.0 Å². The molecular formula is C19H20N2O4. The number of hydrogen-bond acceptors (Lipinski definition) is 4. The monoisotopic (exact) mass is 340 g/mol. The van der Waals surface area contributed by atoms with Crippen molar-refractivity contribution in [1.82, 2.24) is 4.90 Å². The zero-order valence-electron chi connectivity index (χ0n) is 14.0. The van der Waals surface area contributed by atoms with E-state index in [4.69, 9.17) is 9.47 Å². The summed E-state index contributed by atoms with van der Waals surface area (Å²) >= 11 is 0. The minimum atomic E-state index is -0.663. The molecule has 0 unspecified atom stereocenters. The summed E-state index contributed by atoms with van der Waals surface area (Å²) in [5.74, 6) is 0.249. The first kappa shape index (κ1) is 17.0. The molecule has 1 aliphatic heterocycles. The summed E-state index contributed by atoms with van der Waals surface area (Å²) in [5.41, 5.74) is 1.61. The molecule has 1 atom stereocenters. The molecule has 25 heavy (non-hydrogen) atoms. The molecule has 0 bridgehead atoms. The number of methoxy groups -OCH3 is 1. The van der Waals surface area contributed by atoms with Gasteiger partial charge < -0.3 is 19.7 Å². The predicted octanol–water partition coefficient (Wildman–Crippen LogP) is 2.06. The predicted molar refractivity (Wildman–Crippen MR) is 93.2 cm³/mol. The SMILES string of the molecule is COc1ccc(NC(=O)[C@@H]2COCC(=O)N2Cc2ccccc2)cc1. The van der Waals surface area contributed by atoms with Crippen LogP contribution in [0.4, 0.5) is 5.69 Å². The quantitative estimate of drug-likeness (QED) is 0.905. The van der Waals surface area contributed by atoms with Crippen molar-refractivity contribution in [2.75, 3.05) is 25.6 Å². The van der Waals surface area contributed by atoms with E-state index >= 15 is 0 Å². The molecule has 2 aromatic carbocycles. The Morgan fingerprint density at radius 2 is 1.92 bits per heavy atom. The number of carbonyl (C=O) groups excluding carboxylic acids is 2. The second kappa shape index (κ2) is 7.81. The second-order valence-corrected chi connectivity index (χ2v) is 5.76. The van der Waals surface area contributed by atoms with Gasteiger partial charge in [0, 0.05) is 12.2 Å². The lowest BCUT2D eigenvalue weighted by atomic mass is 10.1. The minimum absolute atomic E-state index is 0.000844. The number of amides is 2. The number of nitrogens with zero attached hydrogens (tertiary/aromatic N) is 1. The third-order valence-electron chi connectivity index (χ3n) is 4.05. The van der Waals surface area contributed by atoms with Crippen LogP contribution in [0.25, 0.3) is 0 Å². The molecule has 0 spiro atoms. The van der Waals surface area contributed by atoms with Gasteiger partial charge >= 0.3 is 0 Å². The fourth-order valence-corrected chi connectivity index (χ4v) is 2.70. The van der Waals surface area contributed by atoms with Crippen LogP contribution >= 0.6 is 0 Å². The van der Waals surface area contributed by atoms with Gasteiger partial charge in [0.25, 0.3) is 0 Å². The van der Waals surface area contributed by atoms with Gasteiger partial charge in [-0.25, -0.2) is 0 Å². The lowest BCUT2D eigenvalue weighted by Crippen LogP contribution is -2.54. The van der Waals surface area contributed by atoms with Gasteiger partial charge in [-0.2, -0.15) is 0 Å². The molecule has 130 valence electrons. The Morgan fingerprint density at radius 1 is 1.20 bits per heavy atom. The summed E-state index contributed by atoms with van der Waals surface area (Å²) in [5, 5.41) is 2.83. The lowest BCUT2D eigenvalue weighted by Gasteiger charge is -2.34. The topological polar surface area (TPSA) is 67.9 Å². The van der Waals surface area contributed by atoms with Gasteiger partial charge in [0.15, 0.2) is 0 Å². The van der Waals surface area contributed by atoms with Gasteiger partial charge in [-0.05, 0) is 29.8 Å². The Morgan fingerprint density at radius 3 is 2.60 bits per heavy atom. The standard InChI is InChI=1S/C19H20N2O4/c1-24-16-9-7-15(8-10-16)20-19(23)17-12-25-13-18(22)21(17)11-14-5-3-2-4-6-14/h2-10,17H,11-13H2,1H3,(H,20,23)/t17-/m0/s1. The number of ether oxygens (including phenoxy) is 2. The highest BCUT2D eigenvalue weighted by Gasteiger charge is 2.34. The maximum absolute atomic E-state index is 12.7. The lowest BCUT2D eigenvalue weighted by molar-refractivity contribution is -0.154. The van der Waals surface area contributed by atoms with Crippen molar-refractivity contribution < 1.29 is 19.1 Å². The molecule has 2 aromatic rings. The van der Waals surface area contributed by atoms with Crippen molar-refractivity contribution in [2.24, 2.45) is 0 Å². The van der Waals surface area contributed by atoms with Crippen LogP contribution in [-0.4, -0.2) is 43.1 Å². The highest BCUT2D eigenvalue weighted by atomic mass is 16.5. The summed E-state index contributed by atoms with van der Waals surface area (Å²) in [6, 6.07) is 16.0. The van der Waals surface area contributed by atoms with Crippen LogP contribution in [0.3, 0.4) is 0 Å². The minimum Gasteiger partial charge on any atom is -0.497 e. The first-order valence-electron chi connectivity index (χ1n) is 8.03. The van der Waals surface area contributed by atoms with Crippen molar-refractivity contribution in [3.05, 3.63) is 60.2 Å². The molecule has 6 nitrogen and oxygen atoms in total. The number of hydrogen-bond donors (Lipinski definition) is 1. The molecular weight excluding hydrogens is 320 g/mol. The van der Waals surface area contributed by atoms with Gasteiger partial charge in [0.2, 0.25) is 11.8 Å². The number of rotatable bonds is 5. The molecule has 3 rings (SSSR count). The van der Waals surface area contributed by atoms with Crippen LogP contribution in [0.1, 0.15) is 5.56 Å². The third-order valence-corrected chi connectivity index (χ3v) is 4.05. The van der Waals surface area contributed by atoms with Gasteiger partial charge in [0.1, 0.15) is 18.4 Å². The molecule has 0 aliphatic carbocycles. The van der Waals surface area contributed by atoms with E-state index in [1.54, 1.807) is 36.3 Å². The van der Waals surface area contributed by atoms with Crippen molar-refractivity contribution in [3.63, 3.8) is 0 Å². The van der Waals surface area contributed by atoms with Gasteiger partial charge in [-0.1, -0.05) is 30.3 Å². The Hall–Kier alpha value is -2.86. The summed E-state index contributed by atoms with van der Waals surface area (Å²) in [7, 11) is 1.58. The number of benzene rings is 2.